The SMILES string of the molecule is COC(=O)NNC(=O)NCCCl. The Labute approximate surface area is 74.6 Å². The van der Waals surface area contributed by atoms with E-state index in [2.05, 4.69) is 10.1 Å². The molecule has 0 radical (unpaired) electrons. The molecule has 0 heterocycles. The summed E-state index contributed by atoms with van der Waals surface area (Å²) in [6.45, 7) is 0.330. The van der Waals surface area contributed by atoms with Gasteiger partial charge in [-0.05, 0) is 0 Å². The van der Waals surface area contributed by atoms with E-state index in [1.165, 1.54) is 7.11 Å². The quantitative estimate of drug-likeness (QED) is 0.422. The number of carbonyl (C=O) groups is 2. The van der Waals surface area contributed by atoms with E-state index in [9.17, 15) is 9.59 Å². The number of urea groups is 1. The van der Waals surface area contributed by atoms with E-state index in [0.717, 1.165) is 0 Å². The van der Waals surface area contributed by atoms with E-state index in [-0.39, 0.29) is 0 Å². The summed E-state index contributed by atoms with van der Waals surface area (Å²) in [5.41, 5.74) is 4.01. The lowest BCUT2D eigenvalue weighted by Gasteiger charge is -2.05. The van der Waals surface area contributed by atoms with Gasteiger partial charge in [0, 0.05) is 12.4 Å². The molecule has 12 heavy (non-hydrogen) atoms. The zero-order chi connectivity index (χ0) is 9.40. The fraction of sp³-hybridized carbons (Fsp3) is 0.600. The average Bonchev–Trinajstić information content (AvgIpc) is 2.10. The molecule has 0 spiro atoms. The Morgan fingerprint density at radius 1 is 1.42 bits per heavy atom. The summed E-state index contributed by atoms with van der Waals surface area (Å²) in [7, 11) is 1.19. The van der Waals surface area contributed by atoms with Crippen molar-refractivity contribution in [2.24, 2.45) is 0 Å². The van der Waals surface area contributed by atoms with Crippen LogP contribution in [-0.4, -0.2) is 31.7 Å². The molecule has 7 heteroatoms. The van der Waals surface area contributed by atoms with Crippen LogP contribution in [-0.2, 0) is 4.74 Å². The standard InChI is InChI=1S/C5H10ClN3O3/c1-12-5(11)9-8-4(10)7-3-2-6/h2-3H2,1H3,(H,9,11)(H2,7,8,10). The summed E-state index contributed by atoms with van der Waals surface area (Å²) in [6, 6.07) is -0.541. The molecule has 0 saturated heterocycles. The maximum Gasteiger partial charge on any atom is 0.425 e. The van der Waals surface area contributed by atoms with E-state index in [1.54, 1.807) is 0 Å². The molecule has 0 aromatic heterocycles. The number of amides is 3. The van der Waals surface area contributed by atoms with Crippen molar-refractivity contribution in [3.63, 3.8) is 0 Å². The molecule has 0 aliphatic heterocycles. The highest BCUT2D eigenvalue weighted by Gasteiger charge is 2.00. The summed E-state index contributed by atoms with van der Waals surface area (Å²) >= 11 is 5.28. The molecule has 0 aliphatic rings. The Hall–Kier alpha value is -1.17. The minimum atomic E-state index is -0.740. The highest BCUT2D eigenvalue weighted by atomic mass is 35.5. The van der Waals surface area contributed by atoms with Crippen molar-refractivity contribution in [1.29, 1.82) is 0 Å². The lowest BCUT2D eigenvalue weighted by molar-refractivity contribution is 0.165. The van der Waals surface area contributed by atoms with Gasteiger partial charge in [0.1, 0.15) is 0 Å². The molecule has 0 saturated carbocycles. The van der Waals surface area contributed by atoms with Gasteiger partial charge in [-0.2, -0.15) is 0 Å². The minimum Gasteiger partial charge on any atom is -0.452 e. The van der Waals surface area contributed by atoms with E-state index < -0.39 is 12.1 Å². The topological polar surface area (TPSA) is 79.5 Å². The lowest BCUT2D eigenvalue weighted by Crippen LogP contribution is -2.47. The van der Waals surface area contributed by atoms with Crippen molar-refractivity contribution in [3.8, 4) is 0 Å². The molecule has 3 N–H and O–H groups in total. The van der Waals surface area contributed by atoms with Crippen LogP contribution < -0.4 is 16.2 Å². The molecule has 0 fully saturated rings. The van der Waals surface area contributed by atoms with E-state index in [0.29, 0.717) is 12.4 Å². The van der Waals surface area contributed by atoms with Crippen molar-refractivity contribution in [2.45, 2.75) is 0 Å². The first-order chi connectivity index (χ1) is 5.70. The maximum atomic E-state index is 10.7. The van der Waals surface area contributed by atoms with Gasteiger partial charge in [-0.1, -0.05) is 0 Å². The summed E-state index contributed by atoms with van der Waals surface area (Å²) < 4.78 is 4.19. The molecule has 0 aromatic carbocycles. The molecular formula is C5H10ClN3O3. The summed E-state index contributed by atoms with van der Waals surface area (Å²) in [5.74, 6) is 0.311. The van der Waals surface area contributed by atoms with E-state index >= 15 is 0 Å². The van der Waals surface area contributed by atoms with Crippen LogP contribution in [0.1, 0.15) is 0 Å². The second kappa shape index (κ2) is 6.53. The first kappa shape index (κ1) is 10.8. The molecule has 6 nitrogen and oxygen atoms in total. The van der Waals surface area contributed by atoms with Crippen LogP contribution in [0.4, 0.5) is 9.59 Å². The molecule has 0 aliphatic carbocycles. The molecule has 3 amide bonds. The third kappa shape index (κ3) is 5.60. The number of hydrogen-bond acceptors (Lipinski definition) is 3. The van der Waals surface area contributed by atoms with Gasteiger partial charge in [0.15, 0.2) is 0 Å². The fourth-order valence-corrected chi connectivity index (χ4v) is 0.458. The summed E-state index contributed by atoms with van der Waals surface area (Å²) in [4.78, 5) is 21.1. The Morgan fingerprint density at radius 3 is 2.58 bits per heavy atom. The third-order valence-corrected chi connectivity index (χ3v) is 1.03. The smallest absolute Gasteiger partial charge is 0.425 e. The largest absolute Gasteiger partial charge is 0.452 e. The zero-order valence-corrected chi connectivity index (χ0v) is 7.27. The van der Waals surface area contributed by atoms with Gasteiger partial charge >= 0.3 is 12.1 Å². The second-order valence-electron chi connectivity index (χ2n) is 1.69. The van der Waals surface area contributed by atoms with Gasteiger partial charge in [-0.3, -0.25) is 0 Å². The van der Waals surface area contributed by atoms with Crippen LogP contribution in [0.2, 0.25) is 0 Å². The van der Waals surface area contributed by atoms with Gasteiger partial charge in [0.05, 0.1) is 7.11 Å². The normalized spacial score (nSPS) is 8.50. The number of alkyl halides is 1. The van der Waals surface area contributed by atoms with Crippen molar-refractivity contribution in [1.82, 2.24) is 16.2 Å². The Bertz CT molecular complexity index is 164. The first-order valence-corrected chi connectivity index (χ1v) is 3.68. The van der Waals surface area contributed by atoms with Crippen molar-refractivity contribution in [3.05, 3.63) is 0 Å². The molecule has 0 atom stereocenters. The first-order valence-electron chi connectivity index (χ1n) is 3.14. The van der Waals surface area contributed by atoms with Gasteiger partial charge in [0.2, 0.25) is 0 Å². The number of ether oxygens (including phenoxy) is 1. The number of hydrogen-bond donors (Lipinski definition) is 3. The Morgan fingerprint density at radius 2 is 2.08 bits per heavy atom. The van der Waals surface area contributed by atoms with Crippen molar-refractivity contribution >= 4 is 23.7 Å². The molecule has 0 unspecified atom stereocenters. The molecule has 0 bridgehead atoms. The monoisotopic (exact) mass is 195 g/mol. The highest BCUT2D eigenvalue weighted by molar-refractivity contribution is 6.18. The van der Waals surface area contributed by atoms with Gasteiger partial charge in [-0.25, -0.2) is 20.4 Å². The highest BCUT2D eigenvalue weighted by Crippen LogP contribution is 1.70. The number of carbonyl (C=O) groups excluding carboxylic acids is 2. The van der Waals surface area contributed by atoms with Gasteiger partial charge in [-0.15, -0.1) is 11.6 Å². The van der Waals surface area contributed by atoms with Crippen LogP contribution in [0.5, 0.6) is 0 Å². The number of nitrogens with one attached hydrogen (secondary N) is 3. The van der Waals surface area contributed by atoms with Gasteiger partial charge < -0.3 is 10.1 Å². The van der Waals surface area contributed by atoms with Crippen molar-refractivity contribution in [2.75, 3.05) is 19.5 Å². The van der Waals surface area contributed by atoms with Crippen LogP contribution in [0, 0.1) is 0 Å². The number of halogens is 1. The third-order valence-electron chi connectivity index (χ3n) is 0.844. The summed E-state index contributed by atoms with van der Waals surface area (Å²) in [5, 5.41) is 2.36. The van der Waals surface area contributed by atoms with E-state index in [4.69, 9.17) is 11.6 Å². The minimum absolute atomic E-state index is 0.311. The Kier molecular flexibility index (Phi) is 5.90. The summed E-state index contributed by atoms with van der Waals surface area (Å²) in [6.07, 6.45) is -0.740. The van der Waals surface area contributed by atoms with Gasteiger partial charge in [0.25, 0.3) is 0 Å². The molecule has 0 aromatic rings. The van der Waals surface area contributed by atoms with Crippen molar-refractivity contribution < 1.29 is 14.3 Å². The number of hydrazine groups is 1. The molecule has 0 rings (SSSR count). The molecular weight excluding hydrogens is 186 g/mol. The maximum absolute atomic E-state index is 10.7. The predicted octanol–water partition coefficient (Wildman–Crippen LogP) is -0.205. The number of rotatable bonds is 2. The number of methoxy groups -OCH3 is 1. The fourth-order valence-electron chi connectivity index (χ4n) is 0.364. The van der Waals surface area contributed by atoms with Crippen LogP contribution in [0.25, 0.3) is 0 Å². The second-order valence-corrected chi connectivity index (χ2v) is 2.06. The van der Waals surface area contributed by atoms with E-state index in [1.807, 2.05) is 10.9 Å². The Balaban J connectivity index is 3.37. The predicted molar refractivity (Wildman–Crippen MR) is 42.8 cm³/mol. The van der Waals surface area contributed by atoms with Crippen LogP contribution >= 0.6 is 11.6 Å². The molecule has 70 valence electrons. The zero-order valence-electron chi connectivity index (χ0n) is 6.52. The average molecular weight is 196 g/mol. The lowest BCUT2D eigenvalue weighted by atomic mass is 10.7. The van der Waals surface area contributed by atoms with Crippen LogP contribution in [0.3, 0.4) is 0 Å². The van der Waals surface area contributed by atoms with Crippen LogP contribution in [0.15, 0.2) is 0 Å².